The van der Waals surface area contributed by atoms with Gasteiger partial charge in [0.1, 0.15) is 0 Å². The monoisotopic (exact) mass is 476 g/mol. The van der Waals surface area contributed by atoms with Crippen molar-refractivity contribution in [2.45, 2.75) is 57.7 Å². The highest BCUT2D eigenvalue weighted by atomic mass is 127. The van der Waals surface area contributed by atoms with Gasteiger partial charge in [0.05, 0.1) is 6.54 Å². The minimum absolute atomic E-state index is 0. The van der Waals surface area contributed by atoms with E-state index in [4.69, 9.17) is 0 Å². The molecule has 3 N–H and O–H groups in total. The van der Waals surface area contributed by atoms with Crippen LogP contribution in [-0.2, 0) is 6.54 Å². The molecule has 146 valence electrons. The van der Waals surface area contributed by atoms with Crippen LogP contribution in [0.5, 0.6) is 5.75 Å². The molecule has 1 atom stereocenters. The van der Waals surface area contributed by atoms with E-state index in [9.17, 15) is 9.50 Å². The summed E-state index contributed by atoms with van der Waals surface area (Å²) in [4.78, 5) is 7.18. The standard InChI is InChI=1S/C19H29FN4O.HI/c1-2-21-19(22-12-14-7-8-18(25)17(20)11-14)23-15-9-10-24(13-15)16-5-3-4-6-16;/h7-8,11,15-16,25H,2-6,9-10,12-13H2,1H3,(H2,21,22,23);1H. The van der Waals surface area contributed by atoms with Gasteiger partial charge in [-0.25, -0.2) is 9.38 Å². The first kappa shape index (κ1) is 21.2. The molecule has 0 bridgehead atoms. The fourth-order valence-corrected chi connectivity index (χ4v) is 3.84. The molecule has 2 aliphatic rings. The van der Waals surface area contributed by atoms with Crippen molar-refractivity contribution in [1.82, 2.24) is 15.5 Å². The third-order valence-corrected chi connectivity index (χ3v) is 5.18. The van der Waals surface area contributed by atoms with E-state index < -0.39 is 5.82 Å². The van der Waals surface area contributed by atoms with Crippen LogP contribution in [0.3, 0.4) is 0 Å². The molecule has 3 rings (SSSR count). The molecule has 1 saturated heterocycles. The summed E-state index contributed by atoms with van der Waals surface area (Å²) in [5.41, 5.74) is 0.742. The quantitative estimate of drug-likeness (QED) is 0.347. The lowest BCUT2D eigenvalue weighted by atomic mass is 10.2. The maximum absolute atomic E-state index is 13.4. The van der Waals surface area contributed by atoms with E-state index in [0.717, 1.165) is 43.6 Å². The van der Waals surface area contributed by atoms with Crippen molar-refractivity contribution < 1.29 is 9.50 Å². The predicted octanol–water partition coefficient (Wildman–Crippen LogP) is 3.22. The smallest absolute Gasteiger partial charge is 0.191 e. The lowest BCUT2D eigenvalue weighted by molar-refractivity contribution is 0.242. The van der Waals surface area contributed by atoms with Crippen LogP contribution in [0.4, 0.5) is 4.39 Å². The molecule has 0 amide bonds. The largest absolute Gasteiger partial charge is 0.505 e. The minimum atomic E-state index is -0.603. The second kappa shape index (κ2) is 10.3. The molecular formula is C19H30FIN4O. The molecule has 0 spiro atoms. The van der Waals surface area contributed by atoms with E-state index in [-0.39, 0.29) is 29.7 Å². The molecule has 7 heteroatoms. The van der Waals surface area contributed by atoms with Crippen molar-refractivity contribution >= 4 is 29.9 Å². The van der Waals surface area contributed by atoms with Crippen molar-refractivity contribution in [3.63, 3.8) is 0 Å². The number of aromatic hydroxyl groups is 1. The normalized spacial score (nSPS) is 21.6. The Hall–Kier alpha value is -1.09. The number of halogens is 2. The summed E-state index contributed by atoms with van der Waals surface area (Å²) in [6.45, 7) is 5.44. The molecule has 1 saturated carbocycles. The first-order valence-electron chi connectivity index (χ1n) is 9.42. The van der Waals surface area contributed by atoms with Crippen molar-refractivity contribution in [2.24, 2.45) is 4.99 Å². The van der Waals surface area contributed by atoms with Gasteiger partial charge in [-0.3, -0.25) is 4.90 Å². The molecule has 0 aromatic heterocycles. The van der Waals surface area contributed by atoms with Crippen LogP contribution < -0.4 is 10.6 Å². The van der Waals surface area contributed by atoms with E-state index in [2.05, 4.69) is 20.5 Å². The van der Waals surface area contributed by atoms with Crippen LogP contribution in [0.2, 0.25) is 0 Å². The van der Waals surface area contributed by atoms with Gasteiger partial charge in [0.25, 0.3) is 0 Å². The molecule has 1 aliphatic heterocycles. The third kappa shape index (κ3) is 5.70. The fraction of sp³-hybridized carbons (Fsp3) is 0.632. The van der Waals surface area contributed by atoms with Gasteiger partial charge in [-0.2, -0.15) is 0 Å². The van der Waals surface area contributed by atoms with Gasteiger partial charge >= 0.3 is 0 Å². The Labute approximate surface area is 172 Å². The van der Waals surface area contributed by atoms with E-state index in [1.165, 1.54) is 37.8 Å². The Morgan fingerprint density at radius 2 is 2.08 bits per heavy atom. The van der Waals surface area contributed by atoms with E-state index in [0.29, 0.717) is 12.6 Å². The van der Waals surface area contributed by atoms with Gasteiger partial charge in [-0.15, -0.1) is 24.0 Å². The van der Waals surface area contributed by atoms with Gasteiger partial charge < -0.3 is 15.7 Å². The van der Waals surface area contributed by atoms with Crippen molar-refractivity contribution in [2.75, 3.05) is 19.6 Å². The zero-order chi connectivity index (χ0) is 17.6. The highest BCUT2D eigenvalue weighted by Gasteiger charge is 2.30. The Morgan fingerprint density at radius 3 is 2.77 bits per heavy atom. The third-order valence-electron chi connectivity index (χ3n) is 5.18. The number of hydrogen-bond donors (Lipinski definition) is 3. The highest BCUT2D eigenvalue weighted by molar-refractivity contribution is 14.0. The topological polar surface area (TPSA) is 59.9 Å². The summed E-state index contributed by atoms with van der Waals surface area (Å²) in [6, 6.07) is 5.58. The van der Waals surface area contributed by atoms with Crippen molar-refractivity contribution in [1.29, 1.82) is 0 Å². The zero-order valence-corrected chi connectivity index (χ0v) is 17.7. The summed E-state index contributed by atoms with van der Waals surface area (Å²) in [7, 11) is 0. The average molecular weight is 476 g/mol. The van der Waals surface area contributed by atoms with Crippen LogP contribution in [0, 0.1) is 5.82 Å². The Bertz CT molecular complexity index is 607. The van der Waals surface area contributed by atoms with E-state index >= 15 is 0 Å². The number of rotatable bonds is 5. The summed E-state index contributed by atoms with van der Waals surface area (Å²) in [5, 5.41) is 16.1. The van der Waals surface area contributed by atoms with Crippen LogP contribution >= 0.6 is 24.0 Å². The Kier molecular flexibility index (Phi) is 8.40. The minimum Gasteiger partial charge on any atom is -0.505 e. The average Bonchev–Trinajstić information content (AvgIpc) is 3.27. The predicted molar refractivity (Wildman–Crippen MR) is 114 cm³/mol. The number of benzene rings is 1. The van der Waals surface area contributed by atoms with Gasteiger partial charge in [0.15, 0.2) is 17.5 Å². The molecule has 2 fully saturated rings. The molecule has 1 heterocycles. The maximum atomic E-state index is 13.4. The SMILES string of the molecule is CCNC(=NCc1ccc(O)c(F)c1)NC1CCN(C2CCCC2)C1.I. The number of hydrogen-bond acceptors (Lipinski definition) is 3. The molecule has 26 heavy (non-hydrogen) atoms. The van der Waals surface area contributed by atoms with Crippen LogP contribution in [0.1, 0.15) is 44.6 Å². The van der Waals surface area contributed by atoms with Gasteiger partial charge in [0, 0.05) is 31.7 Å². The van der Waals surface area contributed by atoms with Crippen LogP contribution in [-0.4, -0.2) is 47.7 Å². The Morgan fingerprint density at radius 1 is 1.31 bits per heavy atom. The van der Waals surface area contributed by atoms with Gasteiger partial charge in [-0.1, -0.05) is 18.9 Å². The number of nitrogens with zero attached hydrogens (tertiary/aromatic N) is 2. The zero-order valence-electron chi connectivity index (χ0n) is 15.4. The number of guanidine groups is 1. The summed E-state index contributed by atoms with van der Waals surface area (Å²) in [5.74, 6) is -0.154. The first-order valence-corrected chi connectivity index (χ1v) is 9.42. The molecule has 1 aliphatic carbocycles. The summed E-state index contributed by atoms with van der Waals surface area (Å²) >= 11 is 0. The second-order valence-corrected chi connectivity index (χ2v) is 7.04. The van der Waals surface area contributed by atoms with Crippen molar-refractivity contribution in [3.8, 4) is 5.75 Å². The molecular weight excluding hydrogens is 446 g/mol. The fourth-order valence-electron chi connectivity index (χ4n) is 3.84. The molecule has 0 radical (unpaired) electrons. The lowest BCUT2D eigenvalue weighted by Crippen LogP contribution is -2.45. The second-order valence-electron chi connectivity index (χ2n) is 7.04. The number of aliphatic imine (C=N–C) groups is 1. The molecule has 1 aromatic rings. The lowest BCUT2D eigenvalue weighted by Gasteiger charge is -2.24. The molecule has 5 nitrogen and oxygen atoms in total. The molecule has 1 unspecified atom stereocenters. The Balaban J connectivity index is 0.00000243. The number of phenols is 1. The first-order chi connectivity index (χ1) is 12.2. The summed E-state index contributed by atoms with van der Waals surface area (Å²) < 4.78 is 13.4. The van der Waals surface area contributed by atoms with Crippen LogP contribution in [0.25, 0.3) is 0 Å². The van der Waals surface area contributed by atoms with E-state index in [1.807, 2.05) is 6.92 Å². The molecule has 1 aromatic carbocycles. The van der Waals surface area contributed by atoms with E-state index in [1.54, 1.807) is 6.07 Å². The van der Waals surface area contributed by atoms with Gasteiger partial charge in [0.2, 0.25) is 0 Å². The number of nitrogens with one attached hydrogen (secondary N) is 2. The van der Waals surface area contributed by atoms with Crippen LogP contribution in [0.15, 0.2) is 23.2 Å². The summed E-state index contributed by atoms with van der Waals surface area (Å²) in [6.07, 6.45) is 6.55. The highest BCUT2D eigenvalue weighted by Crippen LogP contribution is 2.26. The number of likely N-dealkylation sites (tertiary alicyclic amines) is 1. The van der Waals surface area contributed by atoms with Crippen molar-refractivity contribution in [3.05, 3.63) is 29.6 Å². The number of phenolic OH excluding ortho intramolecular Hbond substituents is 1. The van der Waals surface area contributed by atoms with Gasteiger partial charge in [-0.05, 0) is 43.9 Å². The maximum Gasteiger partial charge on any atom is 0.191 e.